The summed E-state index contributed by atoms with van der Waals surface area (Å²) >= 11 is 3.26. The van der Waals surface area contributed by atoms with Gasteiger partial charge in [0, 0.05) is 39.8 Å². The molecular formula is C39H26BrNO6. The molecular weight excluding hydrogens is 658 g/mol. The maximum Gasteiger partial charge on any atom is 0.238 e. The molecule has 4 atom stereocenters. The van der Waals surface area contributed by atoms with Crippen LogP contribution in [0.25, 0.3) is 10.8 Å². The highest BCUT2D eigenvalue weighted by atomic mass is 79.9. The standard InChI is InChI=1S/C39H26BrNO6/c40-29-19-31(43)34-28(37(29)45)18-27-25(35(34)33-24-9-5-4-6-20(24)12-17-30(33)42)15-16-26-32(27)39(47)41(38(26)46)23-13-10-22(11-14-23)36(44)21-7-2-1-3-8-21/h1-15,17,19,26-27,32,35,42H,16,18H2/t26-,27+,32-,35+/m0/s1. The average Bonchev–Trinajstić information content (AvgIpc) is 3.35. The van der Waals surface area contributed by atoms with E-state index in [-0.39, 0.29) is 52.2 Å². The van der Waals surface area contributed by atoms with Gasteiger partial charge in [-0.15, -0.1) is 0 Å². The lowest BCUT2D eigenvalue weighted by Crippen LogP contribution is -2.39. The van der Waals surface area contributed by atoms with Crippen molar-refractivity contribution < 1.29 is 29.1 Å². The van der Waals surface area contributed by atoms with Crippen LogP contribution in [-0.2, 0) is 19.2 Å². The minimum absolute atomic E-state index is 0.0151. The van der Waals surface area contributed by atoms with Gasteiger partial charge < -0.3 is 5.11 Å². The third-order valence-electron chi connectivity index (χ3n) is 9.99. The molecule has 1 N–H and O–H groups in total. The van der Waals surface area contributed by atoms with Crippen LogP contribution in [0.4, 0.5) is 5.69 Å². The molecule has 8 heteroatoms. The molecule has 4 aliphatic rings. The van der Waals surface area contributed by atoms with Gasteiger partial charge in [0.2, 0.25) is 11.8 Å². The summed E-state index contributed by atoms with van der Waals surface area (Å²) in [6, 6.07) is 26.2. The molecule has 4 aromatic rings. The van der Waals surface area contributed by atoms with Gasteiger partial charge in [0.25, 0.3) is 0 Å². The Bertz CT molecular complexity index is 2180. The molecule has 0 radical (unpaired) electrons. The van der Waals surface area contributed by atoms with E-state index in [4.69, 9.17) is 0 Å². The molecule has 0 bridgehead atoms. The number of phenolic OH excluding ortho intramolecular Hbond substituents is 1. The molecule has 8 rings (SSSR count). The number of allylic oxidation sites excluding steroid dienone is 6. The Morgan fingerprint density at radius 1 is 0.787 bits per heavy atom. The molecule has 1 heterocycles. The van der Waals surface area contributed by atoms with E-state index < -0.39 is 23.7 Å². The number of hydrogen-bond acceptors (Lipinski definition) is 6. The summed E-state index contributed by atoms with van der Waals surface area (Å²) < 4.78 is 0.141. The number of nitrogens with zero attached hydrogens (tertiary/aromatic N) is 1. The number of fused-ring (bicyclic) bond motifs is 4. The zero-order valence-electron chi connectivity index (χ0n) is 24.9. The van der Waals surface area contributed by atoms with E-state index in [1.54, 1.807) is 60.7 Å². The van der Waals surface area contributed by atoms with Crippen molar-refractivity contribution in [1.29, 1.82) is 0 Å². The van der Waals surface area contributed by atoms with Crippen LogP contribution in [0.3, 0.4) is 0 Å². The number of Topliss-reactive ketones (excluding diaryl/α,β-unsaturated/α-hetero) is 1. The number of amides is 2. The van der Waals surface area contributed by atoms with Gasteiger partial charge in [0.1, 0.15) is 5.75 Å². The largest absolute Gasteiger partial charge is 0.508 e. The number of ketones is 3. The molecule has 3 aliphatic carbocycles. The van der Waals surface area contributed by atoms with Crippen LogP contribution in [-0.4, -0.2) is 34.3 Å². The normalized spacial score (nSPS) is 23.7. The fraction of sp³-hybridized carbons (Fsp3) is 0.154. The van der Waals surface area contributed by atoms with Gasteiger partial charge in [-0.2, -0.15) is 0 Å². The summed E-state index contributed by atoms with van der Waals surface area (Å²) in [5, 5.41) is 12.9. The zero-order chi connectivity index (χ0) is 32.6. The number of phenols is 1. The lowest BCUT2D eigenvalue weighted by Gasteiger charge is -2.42. The lowest BCUT2D eigenvalue weighted by atomic mass is 9.59. The molecule has 2 amide bonds. The van der Waals surface area contributed by atoms with Crippen molar-refractivity contribution in [2.45, 2.75) is 18.8 Å². The molecule has 1 aliphatic heterocycles. The Morgan fingerprint density at radius 2 is 1.49 bits per heavy atom. The summed E-state index contributed by atoms with van der Waals surface area (Å²) in [6.07, 6.45) is 3.60. The van der Waals surface area contributed by atoms with E-state index in [9.17, 15) is 29.1 Å². The topological polar surface area (TPSA) is 109 Å². The first kappa shape index (κ1) is 29.2. The van der Waals surface area contributed by atoms with E-state index in [0.717, 1.165) is 16.3 Å². The summed E-state index contributed by atoms with van der Waals surface area (Å²) in [5.74, 6) is -4.31. The van der Waals surface area contributed by atoms with Crippen LogP contribution in [0.15, 0.2) is 124 Å². The smallest absolute Gasteiger partial charge is 0.238 e. The summed E-state index contributed by atoms with van der Waals surface area (Å²) in [6.45, 7) is 0. The number of carbonyl (C=O) groups is 5. The molecule has 0 spiro atoms. The number of halogens is 1. The quantitative estimate of drug-likeness (QED) is 0.110. The number of anilines is 1. The Kier molecular flexibility index (Phi) is 6.81. The minimum Gasteiger partial charge on any atom is -0.508 e. The van der Waals surface area contributed by atoms with Gasteiger partial charge in [0.05, 0.1) is 22.0 Å². The first-order valence-corrected chi connectivity index (χ1v) is 16.2. The lowest BCUT2D eigenvalue weighted by molar-refractivity contribution is -0.123. The number of imide groups is 1. The molecule has 0 saturated carbocycles. The van der Waals surface area contributed by atoms with Crippen LogP contribution < -0.4 is 4.90 Å². The Labute approximate surface area is 278 Å². The predicted octanol–water partition coefficient (Wildman–Crippen LogP) is 6.74. The van der Waals surface area contributed by atoms with Gasteiger partial charge in [-0.25, -0.2) is 0 Å². The fourth-order valence-electron chi connectivity index (χ4n) is 7.90. The highest BCUT2D eigenvalue weighted by Gasteiger charge is 2.57. The maximum absolute atomic E-state index is 14.3. The number of hydrogen-bond donors (Lipinski definition) is 1. The number of rotatable bonds is 4. The van der Waals surface area contributed by atoms with Crippen molar-refractivity contribution in [3.05, 3.63) is 141 Å². The molecule has 1 saturated heterocycles. The van der Waals surface area contributed by atoms with E-state index in [1.807, 2.05) is 36.4 Å². The highest BCUT2D eigenvalue weighted by Crippen LogP contribution is 2.57. The van der Waals surface area contributed by atoms with Gasteiger partial charge in [-0.05, 0) is 75.8 Å². The fourth-order valence-corrected chi connectivity index (χ4v) is 8.35. The molecule has 4 aromatic carbocycles. The molecule has 0 unspecified atom stereocenters. The summed E-state index contributed by atoms with van der Waals surface area (Å²) in [7, 11) is 0. The minimum atomic E-state index is -0.774. The van der Waals surface area contributed by atoms with E-state index in [1.165, 1.54) is 11.0 Å². The molecule has 7 nitrogen and oxygen atoms in total. The molecule has 230 valence electrons. The van der Waals surface area contributed by atoms with Gasteiger partial charge in [0.15, 0.2) is 17.3 Å². The van der Waals surface area contributed by atoms with Crippen molar-refractivity contribution in [2.75, 3.05) is 4.90 Å². The van der Waals surface area contributed by atoms with Crippen molar-refractivity contribution in [2.24, 2.45) is 17.8 Å². The van der Waals surface area contributed by atoms with Crippen LogP contribution in [0.2, 0.25) is 0 Å². The third kappa shape index (κ3) is 4.42. The Balaban J connectivity index is 1.21. The third-order valence-corrected chi connectivity index (χ3v) is 10.6. The first-order chi connectivity index (χ1) is 22.7. The Morgan fingerprint density at radius 3 is 2.26 bits per heavy atom. The average molecular weight is 685 g/mol. The van der Waals surface area contributed by atoms with Crippen molar-refractivity contribution >= 4 is 61.6 Å². The number of benzene rings is 4. The van der Waals surface area contributed by atoms with Gasteiger partial charge in [-0.1, -0.05) is 72.3 Å². The second-order valence-corrected chi connectivity index (χ2v) is 13.2. The van der Waals surface area contributed by atoms with Gasteiger partial charge >= 0.3 is 0 Å². The Hall–Kier alpha value is -5.21. The first-order valence-electron chi connectivity index (χ1n) is 15.4. The maximum atomic E-state index is 14.3. The number of carbonyl (C=O) groups excluding carboxylic acids is 5. The second-order valence-electron chi connectivity index (χ2n) is 12.4. The van der Waals surface area contributed by atoms with Crippen LogP contribution in [0, 0.1) is 17.8 Å². The van der Waals surface area contributed by atoms with Crippen LogP contribution in [0.1, 0.15) is 40.2 Å². The number of aromatic hydroxyl groups is 1. The van der Waals surface area contributed by atoms with E-state index >= 15 is 0 Å². The van der Waals surface area contributed by atoms with Crippen LogP contribution in [0.5, 0.6) is 5.75 Å². The monoisotopic (exact) mass is 683 g/mol. The van der Waals surface area contributed by atoms with Gasteiger partial charge in [-0.3, -0.25) is 28.9 Å². The summed E-state index contributed by atoms with van der Waals surface area (Å²) in [5.41, 5.74) is 3.21. The van der Waals surface area contributed by atoms with Crippen molar-refractivity contribution in [3.8, 4) is 5.75 Å². The summed E-state index contributed by atoms with van der Waals surface area (Å²) in [4.78, 5) is 69.7. The second kappa shape index (κ2) is 11.0. The highest BCUT2D eigenvalue weighted by molar-refractivity contribution is 9.12. The van der Waals surface area contributed by atoms with E-state index in [2.05, 4.69) is 15.9 Å². The predicted molar refractivity (Wildman–Crippen MR) is 179 cm³/mol. The SMILES string of the molecule is O=C1C=C(Br)C(=O)C2=C1[C@@H](c1c(O)ccc3ccccc13)C1=CC[C@@H]3C(=O)N(c4ccc(C(=O)c5ccccc5)cc4)C(=O)[C@@H]3[C@@H]1C2. The molecule has 1 fully saturated rings. The molecule has 0 aromatic heterocycles. The zero-order valence-corrected chi connectivity index (χ0v) is 26.4. The van der Waals surface area contributed by atoms with Crippen LogP contribution >= 0.6 is 15.9 Å². The van der Waals surface area contributed by atoms with Crippen molar-refractivity contribution in [3.63, 3.8) is 0 Å². The molecule has 47 heavy (non-hydrogen) atoms. The van der Waals surface area contributed by atoms with E-state index in [0.29, 0.717) is 33.5 Å². The van der Waals surface area contributed by atoms with Crippen molar-refractivity contribution in [1.82, 2.24) is 0 Å².